The molecule has 0 spiro atoms. The molecule has 0 aromatic rings. The monoisotopic (exact) mass is 678 g/mol. The van der Waals surface area contributed by atoms with Crippen molar-refractivity contribution in [2.75, 3.05) is 6.61 Å². The van der Waals surface area contributed by atoms with Gasteiger partial charge in [0.15, 0.2) is 0 Å². The fourth-order valence-corrected chi connectivity index (χ4v) is 6.02. The van der Waals surface area contributed by atoms with E-state index in [1.165, 1.54) is 109 Å². The summed E-state index contributed by atoms with van der Waals surface area (Å²) < 4.78 is 0. The van der Waals surface area contributed by atoms with Crippen molar-refractivity contribution < 1.29 is 25.2 Å². The lowest BCUT2D eigenvalue weighted by molar-refractivity contribution is -0.132. The minimum Gasteiger partial charge on any atom is -0.394 e. The number of aliphatic hydroxyl groups is 4. The van der Waals surface area contributed by atoms with Crippen LogP contribution in [0.2, 0.25) is 0 Å². The molecule has 0 radical (unpaired) electrons. The molecule has 0 saturated carbocycles. The summed E-state index contributed by atoms with van der Waals surface area (Å²) in [4.78, 5) is 12.4. The molecule has 0 rings (SSSR count). The lowest BCUT2D eigenvalue weighted by atomic mass is 10.00. The molecule has 0 aliphatic rings. The van der Waals surface area contributed by atoms with Crippen molar-refractivity contribution in [2.24, 2.45) is 0 Å². The van der Waals surface area contributed by atoms with Gasteiger partial charge < -0.3 is 25.7 Å². The van der Waals surface area contributed by atoms with Gasteiger partial charge in [-0.2, -0.15) is 0 Å². The highest BCUT2D eigenvalue weighted by Gasteiger charge is 2.28. The van der Waals surface area contributed by atoms with Crippen LogP contribution >= 0.6 is 0 Å². The van der Waals surface area contributed by atoms with E-state index in [-0.39, 0.29) is 0 Å². The first-order valence-corrected chi connectivity index (χ1v) is 20.4. The molecule has 0 fully saturated rings. The van der Waals surface area contributed by atoms with Crippen LogP contribution in [-0.2, 0) is 4.79 Å². The largest absolute Gasteiger partial charge is 0.394 e. The fourth-order valence-electron chi connectivity index (χ4n) is 6.02. The van der Waals surface area contributed by atoms with Gasteiger partial charge in [0.05, 0.1) is 18.8 Å². The zero-order valence-corrected chi connectivity index (χ0v) is 31.5. The second-order valence-electron chi connectivity index (χ2n) is 14.0. The number of hydrogen-bond acceptors (Lipinski definition) is 5. The molecule has 48 heavy (non-hydrogen) atoms. The van der Waals surface area contributed by atoms with Crippen molar-refractivity contribution in [3.05, 3.63) is 36.5 Å². The van der Waals surface area contributed by atoms with Gasteiger partial charge in [-0.1, -0.05) is 166 Å². The first-order chi connectivity index (χ1) is 23.5. The van der Waals surface area contributed by atoms with E-state index in [9.17, 15) is 25.2 Å². The fraction of sp³-hybridized carbons (Fsp3) is 0.833. The zero-order valence-electron chi connectivity index (χ0n) is 31.5. The van der Waals surface area contributed by atoms with E-state index < -0.39 is 36.9 Å². The van der Waals surface area contributed by atoms with Crippen molar-refractivity contribution in [2.45, 2.75) is 218 Å². The Morgan fingerprint density at radius 2 is 0.875 bits per heavy atom. The van der Waals surface area contributed by atoms with Gasteiger partial charge in [-0.3, -0.25) is 4.79 Å². The molecule has 0 aliphatic carbocycles. The average Bonchev–Trinajstić information content (AvgIpc) is 3.09. The Balaban J connectivity index is 3.80. The molecule has 282 valence electrons. The third-order valence-electron chi connectivity index (χ3n) is 9.31. The maximum Gasteiger partial charge on any atom is 0.249 e. The quantitative estimate of drug-likeness (QED) is 0.0335. The van der Waals surface area contributed by atoms with Gasteiger partial charge in [0.2, 0.25) is 5.91 Å². The van der Waals surface area contributed by atoms with Crippen LogP contribution in [0.25, 0.3) is 0 Å². The van der Waals surface area contributed by atoms with Gasteiger partial charge in [0, 0.05) is 0 Å². The highest BCUT2D eigenvalue weighted by atomic mass is 16.3. The van der Waals surface area contributed by atoms with Gasteiger partial charge in [-0.15, -0.1) is 0 Å². The Labute approximate surface area is 297 Å². The normalized spacial score (nSPS) is 14.7. The van der Waals surface area contributed by atoms with Crippen molar-refractivity contribution in [3.8, 4) is 0 Å². The molecule has 6 nitrogen and oxygen atoms in total. The molecule has 0 aromatic heterocycles. The summed E-state index contributed by atoms with van der Waals surface area (Å²) in [6.45, 7) is 3.98. The first kappa shape index (κ1) is 46.5. The van der Waals surface area contributed by atoms with E-state index in [1.807, 2.05) is 0 Å². The lowest BCUT2D eigenvalue weighted by Crippen LogP contribution is -2.53. The second kappa shape index (κ2) is 36.8. The second-order valence-corrected chi connectivity index (χ2v) is 14.0. The average molecular weight is 678 g/mol. The van der Waals surface area contributed by atoms with E-state index in [1.54, 1.807) is 0 Å². The van der Waals surface area contributed by atoms with Crippen LogP contribution in [-0.4, -0.2) is 57.3 Å². The SMILES string of the molecule is CCCCCCCCCCCCC/C=C/CC/C=C/CC/C=C/CCCC(O)C(O)C(CO)NC(=O)C(O)CCCCCCCCCC. The molecule has 0 heterocycles. The van der Waals surface area contributed by atoms with Gasteiger partial charge in [-0.25, -0.2) is 0 Å². The predicted molar refractivity (Wildman–Crippen MR) is 205 cm³/mol. The number of rotatable bonds is 36. The molecular formula is C42H79NO5. The number of allylic oxidation sites excluding steroid dienone is 6. The van der Waals surface area contributed by atoms with Crippen LogP contribution in [0.3, 0.4) is 0 Å². The number of carbonyl (C=O) groups is 1. The molecule has 6 heteroatoms. The van der Waals surface area contributed by atoms with Crippen molar-refractivity contribution in [1.82, 2.24) is 5.32 Å². The molecular weight excluding hydrogens is 598 g/mol. The molecule has 0 aliphatic heterocycles. The molecule has 0 saturated heterocycles. The standard InChI is InChI=1S/C42H79NO5/c1-3-5-7-9-11-13-14-15-16-17-18-19-20-21-22-23-24-25-26-27-28-30-31-33-35-39(45)41(47)38(37-44)43-42(48)40(46)36-34-32-29-12-10-8-6-4-2/h20-21,24-25,28,30,38-41,44-47H,3-19,22-23,26-27,29,31-37H2,1-2H3,(H,43,48)/b21-20+,25-24+,30-28+. The van der Waals surface area contributed by atoms with Crippen LogP contribution in [0.4, 0.5) is 0 Å². The maximum absolute atomic E-state index is 12.4. The van der Waals surface area contributed by atoms with Gasteiger partial charge in [0.25, 0.3) is 0 Å². The highest BCUT2D eigenvalue weighted by molar-refractivity contribution is 5.80. The number of amides is 1. The molecule has 4 atom stereocenters. The van der Waals surface area contributed by atoms with Gasteiger partial charge in [0.1, 0.15) is 12.2 Å². The minimum absolute atomic E-state index is 0.358. The Morgan fingerprint density at radius 1 is 0.500 bits per heavy atom. The molecule has 0 bridgehead atoms. The van der Waals surface area contributed by atoms with Crippen molar-refractivity contribution in [1.29, 1.82) is 0 Å². The van der Waals surface area contributed by atoms with E-state index in [0.717, 1.165) is 51.4 Å². The Bertz CT molecular complexity index is 767. The van der Waals surface area contributed by atoms with Gasteiger partial charge >= 0.3 is 0 Å². The van der Waals surface area contributed by atoms with Crippen LogP contribution in [0.5, 0.6) is 0 Å². The molecule has 1 amide bonds. The number of carbonyl (C=O) groups excluding carboxylic acids is 1. The Morgan fingerprint density at radius 3 is 1.31 bits per heavy atom. The molecule has 5 N–H and O–H groups in total. The van der Waals surface area contributed by atoms with E-state index in [4.69, 9.17) is 0 Å². The Kier molecular flexibility index (Phi) is 35.7. The van der Waals surface area contributed by atoms with Crippen molar-refractivity contribution >= 4 is 5.91 Å². The zero-order chi connectivity index (χ0) is 35.3. The van der Waals surface area contributed by atoms with Crippen LogP contribution in [0, 0.1) is 0 Å². The molecule has 4 unspecified atom stereocenters. The molecule has 0 aromatic carbocycles. The first-order valence-electron chi connectivity index (χ1n) is 20.4. The van der Waals surface area contributed by atoms with E-state index in [0.29, 0.717) is 19.3 Å². The summed E-state index contributed by atoms with van der Waals surface area (Å²) in [6.07, 6.45) is 42.0. The number of hydrogen-bond donors (Lipinski definition) is 5. The third kappa shape index (κ3) is 30.6. The summed E-state index contributed by atoms with van der Waals surface area (Å²) in [5.41, 5.74) is 0. The minimum atomic E-state index is -1.29. The summed E-state index contributed by atoms with van der Waals surface area (Å²) >= 11 is 0. The lowest BCUT2D eigenvalue weighted by Gasteiger charge is -2.27. The summed E-state index contributed by atoms with van der Waals surface area (Å²) in [5, 5.41) is 43.3. The smallest absolute Gasteiger partial charge is 0.249 e. The van der Waals surface area contributed by atoms with Gasteiger partial charge in [-0.05, 0) is 64.2 Å². The summed E-state index contributed by atoms with van der Waals surface area (Å²) in [7, 11) is 0. The number of nitrogens with one attached hydrogen (secondary N) is 1. The maximum atomic E-state index is 12.4. The summed E-state index contributed by atoms with van der Waals surface area (Å²) in [5.74, 6) is -0.605. The topological polar surface area (TPSA) is 110 Å². The van der Waals surface area contributed by atoms with E-state index in [2.05, 4.69) is 55.6 Å². The number of aliphatic hydroxyl groups excluding tert-OH is 4. The van der Waals surface area contributed by atoms with E-state index >= 15 is 0 Å². The summed E-state index contributed by atoms with van der Waals surface area (Å²) in [6, 6.07) is -1.01. The third-order valence-corrected chi connectivity index (χ3v) is 9.31. The Hall–Kier alpha value is -1.47. The van der Waals surface area contributed by atoms with Crippen LogP contribution < -0.4 is 5.32 Å². The highest BCUT2D eigenvalue weighted by Crippen LogP contribution is 2.14. The van der Waals surface area contributed by atoms with Crippen LogP contribution in [0.1, 0.15) is 194 Å². The van der Waals surface area contributed by atoms with Crippen LogP contribution in [0.15, 0.2) is 36.5 Å². The van der Waals surface area contributed by atoms with Crippen molar-refractivity contribution in [3.63, 3.8) is 0 Å². The predicted octanol–water partition coefficient (Wildman–Crippen LogP) is 10.2. The number of unbranched alkanes of at least 4 members (excludes halogenated alkanes) is 21.